The van der Waals surface area contributed by atoms with Crippen molar-refractivity contribution in [3.8, 4) is 0 Å². The Kier molecular flexibility index (Phi) is 12.9. The highest BCUT2D eigenvalue weighted by molar-refractivity contribution is 5.88. The van der Waals surface area contributed by atoms with E-state index in [9.17, 15) is 29.5 Å². The summed E-state index contributed by atoms with van der Waals surface area (Å²) in [6.07, 6.45) is 1.90. The molecule has 0 aliphatic heterocycles. The van der Waals surface area contributed by atoms with Gasteiger partial charge in [0.2, 0.25) is 0 Å². The Morgan fingerprint density at radius 3 is 1.51 bits per heavy atom. The molecule has 0 spiro atoms. The van der Waals surface area contributed by atoms with Crippen LogP contribution in [0.5, 0.6) is 0 Å². The Hall–Kier alpha value is -4.42. The molecule has 2 aromatic rings. The van der Waals surface area contributed by atoms with Gasteiger partial charge in [0.15, 0.2) is 12.4 Å². The molecule has 0 saturated heterocycles. The predicted molar refractivity (Wildman–Crippen MR) is 166 cm³/mol. The smallest absolute Gasteiger partial charge is 0.420 e. The van der Waals surface area contributed by atoms with Crippen LogP contribution in [0.25, 0.3) is 0 Å². The Morgan fingerprint density at radius 1 is 0.756 bits per heavy atom. The topological polar surface area (TPSA) is 163 Å². The highest BCUT2D eigenvalue weighted by atomic mass is 16.6. The van der Waals surface area contributed by atoms with Gasteiger partial charge in [-0.25, -0.2) is 29.0 Å². The number of hydrogen-bond donors (Lipinski definition) is 1. The zero-order valence-electron chi connectivity index (χ0n) is 28.4. The van der Waals surface area contributed by atoms with E-state index < -0.39 is 52.6 Å². The molecule has 0 aliphatic rings. The van der Waals surface area contributed by atoms with E-state index in [4.69, 9.17) is 14.2 Å². The fraction of sp³-hybridized carbons (Fsp3) is 0.562. The third-order valence-electron chi connectivity index (χ3n) is 5.34. The zero-order valence-corrected chi connectivity index (χ0v) is 28.4. The van der Waals surface area contributed by atoms with E-state index in [0.29, 0.717) is 15.9 Å². The lowest BCUT2D eigenvalue weighted by Gasteiger charge is -2.38. The third-order valence-corrected chi connectivity index (χ3v) is 5.34. The summed E-state index contributed by atoms with van der Waals surface area (Å²) >= 11 is 0. The van der Waals surface area contributed by atoms with Crippen molar-refractivity contribution in [3.63, 3.8) is 0 Å². The first-order valence-corrected chi connectivity index (χ1v) is 14.4. The summed E-state index contributed by atoms with van der Waals surface area (Å²) in [5.41, 5.74) is -1.47. The second-order valence-corrected chi connectivity index (χ2v) is 14.3. The van der Waals surface area contributed by atoms with Crippen LogP contribution < -0.4 is 4.73 Å². The number of pyridine rings is 2. The molecule has 13 heteroatoms. The van der Waals surface area contributed by atoms with E-state index in [1.807, 2.05) is 20.8 Å². The number of aromatic nitrogens is 2. The van der Waals surface area contributed by atoms with Crippen molar-refractivity contribution < 1.29 is 43.2 Å². The largest absolute Gasteiger partial charge is 0.619 e. The first kappa shape index (κ1) is 38.6. The number of carbonyl (C=O) groups is 4. The number of carbonyl (C=O) groups excluding carboxylic acids is 3. The SMILES string of the molecule is CC(C)(C)OC(=O)N(C(=O)O)C(c1ccncc1)C(C)(C)C.CC(C)(C)OC(=O)N(Cc1cc[n+]([O-])cc1)C(=O)OC(C)(C)C. The van der Waals surface area contributed by atoms with Gasteiger partial charge in [-0.2, -0.15) is 4.73 Å². The molecule has 0 fully saturated rings. The van der Waals surface area contributed by atoms with Crippen molar-refractivity contribution in [2.45, 2.75) is 112 Å². The van der Waals surface area contributed by atoms with E-state index in [2.05, 4.69) is 4.98 Å². The molecule has 2 heterocycles. The van der Waals surface area contributed by atoms with Crippen LogP contribution in [0, 0.1) is 10.6 Å². The second kappa shape index (κ2) is 15.0. The maximum Gasteiger partial charge on any atom is 0.420 e. The van der Waals surface area contributed by atoms with Crippen LogP contribution in [0.15, 0.2) is 49.1 Å². The van der Waals surface area contributed by atoms with Gasteiger partial charge in [0, 0.05) is 24.5 Å². The third kappa shape index (κ3) is 14.3. The molecule has 250 valence electrons. The maximum absolute atomic E-state index is 12.4. The van der Waals surface area contributed by atoms with Crippen LogP contribution in [0.2, 0.25) is 0 Å². The standard InChI is InChI=1S/C16H24N2O5.C16H24N2O4/c1-15(2,3)22-13(19)18(14(20)23-16(4,5)6)11-12-7-9-17(21)10-8-12;1-15(2,3)12(11-7-9-17-10-8-11)18(13(19)20)14(21)22-16(4,5)6/h7-10H,11H2,1-6H3;7-10,12H,1-6H3,(H,19,20). The molecule has 0 aliphatic carbocycles. The summed E-state index contributed by atoms with van der Waals surface area (Å²) in [6, 6.07) is 5.78. The minimum Gasteiger partial charge on any atom is -0.619 e. The van der Waals surface area contributed by atoms with Crippen LogP contribution in [0.4, 0.5) is 19.2 Å². The molecule has 1 unspecified atom stereocenters. The second-order valence-electron chi connectivity index (χ2n) is 14.3. The Bertz CT molecular complexity index is 1260. The van der Waals surface area contributed by atoms with Crippen LogP contribution in [0.1, 0.15) is 100 Å². The molecular weight excluding hydrogens is 584 g/mol. The van der Waals surface area contributed by atoms with E-state index >= 15 is 0 Å². The summed E-state index contributed by atoms with van der Waals surface area (Å²) in [5, 5.41) is 20.6. The van der Waals surface area contributed by atoms with Gasteiger partial charge in [0.25, 0.3) is 0 Å². The lowest BCUT2D eigenvalue weighted by Crippen LogP contribution is -2.46. The predicted octanol–water partition coefficient (Wildman–Crippen LogP) is 7.08. The molecule has 0 aromatic carbocycles. The fourth-order valence-corrected chi connectivity index (χ4v) is 3.76. The van der Waals surface area contributed by atoms with Crippen molar-refractivity contribution in [1.82, 2.24) is 14.8 Å². The van der Waals surface area contributed by atoms with Crippen molar-refractivity contribution in [3.05, 3.63) is 65.4 Å². The summed E-state index contributed by atoms with van der Waals surface area (Å²) in [5.74, 6) is 0. The van der Waals surface area contributed by atoms with Crippen molar-refractivity contribution in [2.75, 3.05) is 0 Å². The minimum atomic E-state index is -1.34. The van der Waals surface area contributed by atoms with Gasteiger partial charge >= 0.3 is 24.4 Å². The van der Waals surface area contributed by atoms with Crippen LogP contribution >= 0.6 is 0 Å². The minimum absolute atomic E-state index is 0.0509. The molecule has 2 rings (SSSR count). The van der Waals surface area contributed by atoms with Gasteiger partial charge in [-0.3, -0.25) is 4.98 Å². The monoisotopic (exact) mass is 632 g/mol. The van der Waals surface area contributed by atoms with E-state index in [1.54, 1.807) is 86.8 Å². The number of ether oxygens (including phenoxy) is 3. The Morgan fingerprint density at radius 2 is 1.16 bits per heavy atom. The number of carboxylic acid groups (broad SMARTS) is 1. The molecular formula is C32H48N4O9. The molecule has 13 nitrogen and oxygen atoms in total. The van der Waals surface area contributed by atoms with Crippen LogP contribution in [0.3, 0.4) is 0 Å². The number of amides is 4. The van der Waals surface area contributed by atoms with Crippen molar-refractivity contribution in [1.29, 1.82) is 0 Å². The first-order valence-electron chi connectivity index (χ1n) is 14.4. The highest BCUT2D eigenvalue weighted by Crippen LogP contribution is 2.38. The average Bonchev–Trinajstić information content (AvgIpc) is 2.83. The van der Waals surface area contributed by atoms with E-state index in [1.165, 1.54) is 24.5 Å². The Labute approximate surface area is 265 Å². The van der Waals surface area contributed by atoms with Gasteiger partial charge in [-0.15, -0.1) is 0 Å². The number of hydrogen-bond acceptors (Lipinski definition) is 9. The number of rotatable bonds is 4. The molecule has 0 radical (unpaired) electrons. The van der Waals surface area contributed by atoms with Crippen LogP contribution in [-0.4, -0.2) is 61.1 Å². The summed E-state index contributed by atoms with van der Waals surface area (Å²) < 4.78 is 16.4. The lowest BCUT2D eigenvalue weighted by atomic mass is 9.82. The molecule has 45 heavy (non-hydrogen) atoms. The molecule has 4 amide bonds. The Balaban J connectivity index is 0.000000450. The normalized spacial score (nSPS) is 12.5. The summed E-state index contributed by atoms with van der Waals surface area (Å²) in [6.45, 7) is 20.9. The van der Waals surface area contributed by atoms with Gasteiger partial charge in [-0.05, 0) is 91.0 Å². The summed E-state index contributed by atoms with van der Waals surface area (Å²) in [4.78, 5) is 54.2. The quantitative estimate of drug-likeness (QED) is 0.209. The first-order chi connectivity index (χ1) is 20.3. The highest BCUT2D eigenvalue weighted by Gasteiger charge is 2.41. The van der Waals surface area contributed by atoms with Gasteiger partial charge < -0.3 is 24.5 Å². The maximum atomic E-state index is 12.4. The number of imide groups is 2. The fourth-order valence-electron chi connectivity index (χ4n) is 3.76. The zero-order chi connectivity index (χ0) is 35.0. The summed E-state index contributed by atoms with van der Waals surface area (Å²) in [7, 11) is 0. The molecule has 1 N–H and O–H groups in total. The van der Waals surface area contributed by atoms with E-state index in [0.717, 1.165) is 9.80 Å². The van der Waals surface area contributed by atoms with Gasteiger partial charge in [0.05, 0.1) is 12.6 Å². The molecule has 2 aromatic heterocycles. The van der Waals surface area contributed by atoms with E-state index in [-0.39, 0.29) is 6.54 Å². The van der Waals surface area contributed by atoms with Gasteiger partial charge in [0.1, 0.15) is 16.8 Å². The van der Waals surface area contributed by atoms with Gasteiger partial charge in [-0.1, -0.05) is 20.8 Å². The molecule has 1 atom stereocenters. The van der Waals surface area contributed by atoms with Crippen molar-refractivity contribution in [2.24, 2.45) is 5.41 Å². The lowest BCUT2D eigenvalue weighted by molar-refractivity contribution is -0.605. The average molecular weight is 633 g/mol. The molecule has 0 bridgehead atoms. The van der Waals surface area contributed by atoms with Crippen LogP contribution in [-0.2, 0) is 20.8 Å². The number of nitrogens with zero attached hydrogens (tertiary/aromatic N) is 4. The van der Waals surface area contributed by atoms with Crippen molar-refractivity contribution >= 4 is 24.4 Å². The molecule has 0 saturated carbocycles.